The smallest absolute Gasteiger partial charge is 0.217 e. The molecule has 0 aliphatic rings. The molecule has 14 heavy (non-hydrogen) atoms. The summed E-state index contributed by atoms with van der Waals surface area (Å²) < 4.78 is 0. The first-order valence-electron chi connectivity index (χ1n) is 3.89. The van der Waals surface area contributed by atoms with E-state index in [0.717, 1.165) is 5.56 Å². The van der Waals surface area contributed by atoms with Gasteiger partial charge in [-0.3, -0.25) is 4.79 Å². The Morgan fingerprint density at radius 3 is 2.43 bits per heavy atom. The summed E-state index contributed by atoms with van der Waals surface area (Å²) in [5, 5.41) is 18.1. The van der Waals surface area contributed by atoms with E-state index in [0.29, 0.717) is 6.42 Å². The zero-order valence-corrected chi connectivity index (χ0v) is 8.25. The van der Waals surface area contributed by atoms with Crippen molar-refractivity contribution in [3.05, 3.63) is 23.8 Å². The second-order valence-corrected chi connectivity index (χ2v) is 2.79. The molecule has 1 aromatic rings. The molecule has 1 rings (SSSR count). The molecule has 0 aliphatic carbocycles. The van der Waals surface area contributed by atoms with Crippen molar-refractivity contribution < 1.29 is 15.0 Å². The van der Waals surface area contributed by atoms with Crippen molar-refractivity contribution in [2.75, 3.05) is 0 Å². The monoisotopic (exact) mass is 217 g/mol. The summed E-state index contributed by atoms with van der Waals surface area (Å²) in [5.74, 6) is -0.725. The fourth-order valence-corrected chi connectivity index (χ4v) is 0.992. The lowest BCUT2D eigenvalue weighted by molar-refractivity contribution is -0.117. The number of primary amides is 1. The van der Waals surface area contributed by atoms with Gasteiger partial charge in [0.1, 0.15) is 0 Å². The molecule has 0 aliphatic heterocycles. The van der Waals surface area contributed by atoms with Gasteiger partial charge in [0.2, 0.25) is 5.91 Å². The number of amides is 1. The summed E-state index contributed by atoms with van der Waals surface area (Å²) >= 11 is 0. The lowest BCUT2D eigenvalue weighted by Gasteiger charge is -2.01. The Hall–Kier alpha value is -1.42. The average molecular weight is 218 g/mol. The van der Waals surface area contributed by atoms with Gasteiger partial charge < -0.3 is 15.9 Å². The van der Waals surface area contributed by atoms with Crippen molar-refractivity contribution in [3.8, 4) is 11.5 Å². The van der Waals surface area contributed by atoms with Crippen LogP contribution in [0.15, 0.2) is 18.2 Å². The van der Waals surface area contributed by atoms with Crippen LogP contribution in [0.5, 0.6) is 11.5 Å². The Morgan fingerprint density at radius 1 is 1.29 bits per heavy atom. The summed E-state index contributed by atoms with van der Waals surface area (Å²) in [6.45, 7) is 0. The van der Waals surface area contributed by atoms with Gasteiger partial charge in [0, 0.05) is 6.42 Å². The molecule has 78 valence electrons. The largest absolute Gasteiger partial charge is 0.504 e. The van der Waals surface area contributed by atoms with Crippen LogP contribution < -0.4 is 5.73 Å². The molecule has 4 N–H and O–H groups in total. The maximum absolute atomic E-state index is 10.4. The topological polar surface area (TPSA) is 83.6 Å². The molecule has 0 saturated carbocycles. The van der Waals surface area contributed by atoms with Crippen LogP contribution in [0.25, 0.3) is 0 Å². The van der Waals surface area contributed by atoms with E-state index in [9.17, 15) is 4.79 Å². The van der Waals surface area contributed by atoms with E-state index in [1.54, 1.807) is 6.07 Å². The number of aryl methyl sites for hydroxylation is 1. The van der Waals surface area contributed by atoms with Crippen molar-refractivity contribution in [3.63, 3.8) is 0 Å². The summed E-state index contributed by atoms with van der Waals surface area (Å²) in [7, 11) is 0. The standard InChI is InChI=1S/C9H11NO3.ClH/c10-9(13)4-2-6-1-3-7(11)8(12)5-6;/h1,3,5,11-12H,2,4H2,(H2,10,13);1H. The molecule has 0 atom stereocenters. The van der Waals surface area contributed by atoms with E-state index < -0.39 is 0 Å². The molecular formula is C9H12ClNO3. The predicted octanol–water partition coefficient (Wildman–Crippen LogP) is 0.938. The van der Waals surface area contributed by atoms with Crippen molar-refractivity contribution in [1.29, 1.82) is 0 Å². The number of phenolic OH excluding ortho intramolecular Hbond substituents is 2. The first-order chi connectivity index (χ1) is 6.09. The van der Waals surface area contributed by atoms with E-state index in [1.807, 2.05) is 0 Å². The Bertz CT molecular complexity index is 328. The second kappa shape index (κ2) is 5.34. The maximum Gasteiger partial charge on any atom is 0.217 e. The van der Waals surface area contributed by atoms with E-state index >= 15 is 0 Å². The fraction of sp³-hybridized carbons (Fsp3) is 0.222. The minimum Gasteiger partial charge on any atom is -0.504 e. The molecule has 5 heteroatoms. The van der Waals surface area contributed by atoms with Gasteiger partial charge in [0.15, 0.2) is 11.5 Å². The number of aromatic hydroxyl groups is 2. The van der Waals surface area contributed by atoms with Crippen molar-refractivity contribution in [2.24, 2.45) is 5.73 Å². The number of phenols is 2. The molecule has 0 unspecified atom stereocenters. The third-order valence-corrected chi connectivity index (χ3v) is 1.70. The van der Waals surface area contributed by atoms with Gasteiger partial charge in [0.05, 0.1) is 0 Å². The van der Waals surface area contributed by atoms with Crippen molar-refractivity contribution in [2.45, 2.75) is 12.8 Å². The van der Waals surface area contributed by atoms with E-state index in [-0.39, 0.29) is 36.2 Å². The lowest BCUT2D eigenvalue weighted by Crippen LogP contribution is -2.11. The third-order valence-electron chi connectivity index (χ3n) is 1.70. The van der Waals surface area contributed by atoms with Crippen LogP contribution in [-0.4, -0.2) is 16.1 Å². The number of benzene rings is 1. The van der Waals surface area contributed by atoms with Gasteiger partial charge in [-0.15, -0.1) is 12.4 Å². The van der Waals surface area contributed by atoms with E-state index in [4.69, 9.17) is 15.9 Å². The molecule has 1 aromatic carbocycles. The van der Waals surface area contributed by atoms with Crippen molar-refractivity contribution >= 4 is 18.3 Å². The molecular weight excluding hydrogens is 206 g/mol. The van der Waals surface area contributed by atoms with Gasteiger partial charge in [-0.05, 0) is 24.1 Å². The number of halogens is 1. The molecule has 0 heterocycles. The molecule has 0 spiro atoms. The summed E-state index contributed by atoms with van der Waals surface area (Å²) in [4.78, 5) is 10.4. The Labute approximate surface area is 87.8 Å². The van der Waals surface area contributed by atoms with Gasteiger partial charge in [-0.25, -0.2) is 0 Å². The van der Waals surface area contributed by atoms with Crippen LogP contribution in [0.1, 0.15) is 12.0 Å². The van der Waals surface area contributed by atoms with Gasteiger partial charge in [-0.1, -0.05) is 6.07 Å². The molecule has 4 nitrogen and oxygen atoms in total. The number of hydrogen-bond donors (Lipinski definition) is 3. The Morgan fingerprint density at radius 2 is 1.93 bits per heavy atom. The first-order valence-corrected chi connectivity index (χ1v) is 3.89. The third kappa shape index (κ3) is 3.53. The normalized spacial score (nSPS) is 9.14. The highest BCUT2D eigenvalue weighted by molar-refractivity contribution is 5.85. The number of carbonyl (C=O) groups excluding carboxylic acids is 1. The highest BCUT2D eigenvalue weighted by atomic mass is 35.5. The minimum absolute atomic E-state index is 0. The SMILES string of the molecule is Cl.NC(=O)CCc1ccc(O)c(O)c1. The Kier molecular flexibility index (Phi) is 4.80. The number of carbonyl (C=O) groups is 1. The summed E-state index contributed by atoms with van der Waals surface area (Å²) in [5.41, 5.74) is 5.73. The highest BCUT2D eigenvalue weighted by Gasteiger charge is 2.01. The first kappa shape index (κ1) is 12.6. The quantitative estimate of drug-likeness (QED) is 0.659. The number of hydrogen-bond acceptors (Lipinski definition) is 3. The number of nitrogens with two attached hydrogens (primary N) is 1. The lowest BCUT2D eigenvalue weighted by atomic mass is 10.1. The zero-order valence-electron chi connectivity index (χ0n) is 7.43. The molecule has 0 radical (unpaired) electrons. The Balaban J connectivity index is 0.00000169. The predicted molar refractivity (Wildman–Crippen MR) is 54.5 cm³/mol. The van der Waals surface area contributed by atoms with Crippen LogP contribution in [0.3, 0.4) is 0 Å². The fourth-order valence-electron chi connectivity index (χ4n) is 0.992. The van der Waals surface area contributed by atoms with Gasteiger partial charge in [-0.2, -0.15) is 0 Å². The summed E-state index contributed by atoms with van der Waals surface area (Å²) in [6, 6.07) is 4.43. The second-order valence-electron chi connectivity index (χ2n) is 2.79. The maximum atomic E-state index is 10.4. The van der Waals surface area contributed by atoms with Crippen LogP contribution in [-0.2, 0) is 11.2 Å². The molecule has 0 aromatic heterocycles. The van der Waals surface area contributed by atoms with Gasteiger partial charge >= 0.3 is 0 Å². The van der Waals surface area contributed by atoms with Crippen LogP contribution in [0.2, 0.25) is 0 Å². The number of rotatable bonds is 3. The molecule has 0 fully saturated rings. The van der Waals surface area contributed by atoms with Crippen LogP contribution >= 0.6 is 12.4 Å². The zero-order chi connectivity index (χ0) is 9.84. The van der Waals surface area contributed by atoms with E-state index in [2.05, 4.69) is 0 Å². The van der Waals surface area contributed by atoms with Gasteiger partial charge in [0.25, 0.3) is 0 Å². The summed E-state index contributed by atoms with van der Waals surface area (Å²) in [6.07, 6.45) is 0.716. The molecule has 0 saturated heterocycles. The van der Waals surface area contributed by atoms with Crippen molar-refractivity contribution in [1.82, 2.24) is 0 Å². The molecule has 0 bridgehead atoms. The van der Waals surface area contributed by atoms with Crippen LogP contribution in [0, 0.1) is 0 Å². The minimum atomic E-state index is -0.382. The highest BCUT2D eigenvalue weighted by Crippen LogP contribution is 2.25. The average Bonchev–Trinajstić information content (AvgIpc) is 2.07. The van der Waals surface area contributed by atoms with Crippen LogP contribution in [0.4, 0.5) is 0 Å². The van der Waals surface area contributed by atoms with E-state index in [1.165, 1.54) is 12.1 Å². The molecule has 1 amide bonds.